The molecule has 1 aromatic rings. The van der Waals surface area contributed by atoms with Gasteiger partial charge in [0, 0.05) is 6.20 Å². The summed E-state index contributed by atoms with van der Waals surface area (Å²) < 4.78 is 11.3. The molecular formula is C9H12N4O5. The Bertz CT molecular complexity index is 528. The maximum absolute atomic E-state index is 11.6. The van der Waals surface area contributed by atoms with E-state index in [9.17, 15) is 9.59 Å². The third-order valence-corrected chi connectivity index (χ3v) is 2.44. The molecule has 0 saturated carbocycles. The van der Waals surface area contributed by atoms with E-state index in [0.717, 1.165) is 4.57 Å². The van der Waals surface area contributed by atoms with Gasteiger partial charge in [-0.05, 0) is 0 Å². The molecule has 98 valence electrons. The van der Waals surface area contributed by atoms with Gasteiger partial charge >= 0.3 is 5.69 Å². The number of nitrogens with two attached hydrogens (primary N) is 2. The second-order valence-electron chi connectivity index (χ2n) is 3.63. The zero-order chi connectivity index (χ0) is 13.3. The van der Waals surface area contributed by atoms with Gasteiger partial charge in [0.2, 0.25) is 0 Å². The average Bonchev–Trinajstić information content (AvgIpc) is 2.77. The molecule has 0 unspecified atom stereocenters. The Hall–Kier alpha value is -1.97. The fourth-order valence-corrected chi connectivity index (χ4v) is 1.56. The number of aliphatic hydroxyl groups is 1. The zero-order valence-electron chi connectivity index (χ0n) is 9.28. The van der Waals surface area contributed by atoms with Gasteiger partial charge in [0.25, 0.3) is 5.91 Å². The lowest BCUT2D eigenvalue weighted by Crippen LogP contribution is -2.31. The molecule has 0 spiro atoms. The van der Waals surface area contributed by atoms with Gasteiger partial charge in [-0.1, -0.05) is 0 Å². The van der Waals surface area contributed by atoms with Crippen LogP contribution in [0.2, 0.25) is 0 Å². The van der Waals surface area contributed by atoms with Crippen molar-refractivity contribution in [2.75, 3.05) is 18.9 Å². The van der Waals surface area contributed by atoms with Crippen LogP contribution in [-0.4, -0.2) is 40.1 Å². The van der Waals surface area contributed by atoms with Crippen molar-refractivity contribution in [3.8, 4) is 0 Å². The van der Waals surface area contributed by atoms with Crippen LogP contribution in [0, 0.1) is 0 Å². The van der Waals surface area contributed by atoms with Crippen LogP contribution in [0.15, 0.2) is 11.0 Å². The first-order valence-corrected chi connectivity index (χ1v) is 5.09. The number of ether oxygens (including phenoxy) is 2. The van der Waals surface area contributed by atoms with Gasteiger partial charge in [-0.2, -0.15) is 4.98 Å². The Labute approximate surface area is 101 Å². The van der Waals surface area contributed by atoms with Crippen LogP contribution in [0.1, 0.15) is 16.6 Å². The summed E-state index contributed by atoms with van der Waals surface area (Å²) in [5.74, 6) is -1.03. The molecule has 0 bridgehead atoms. The molecule has 5 N–H and O–H groups in total. The summed E-state index contributed by atoms with van der Waals surface area (Å²) in [6.07, 6.45) is -0.418. The van der Waals surface area contributed by atoms with Crippen molar-refractivity contribution in [1.29, 1.82) is 0 Å². The standard InChI is InChI=1S/C9H12N4O5/c10-7-4(8(11)15)1-13(9(16)12-7)5-3-17-6(2-14)18-5/h1,5-6,14H,2-3H2,(H2,11,15)(H2,10,12,16)/t5-,6-/m1/s1. The van der Waals surface area contributed by atoms with Gasteiger partial charge in [0.05, 0.1) is 18.8 Å². The van der Waals surface area contributed by atoms with Crippen molar-refractivity contribution in [2.24, 2.45) is 5.73 Å². The lowest BCUT2D eigenvalue weighted by Gasteiger charge is -2.13. The van der Waals surface area contributed by atoms with Crippen LogP contribution < -0.4 is 17.2 Å². The normalized spacial score (nSPS) is 23.2. The highest BCUT2D eigenvalue weighted by molar-refractivity contribution is 5.96. The molecule has 1 amide bonds. The van der Waals surface area contributed by atoms with Crippen molar-refractivity contribution in [3.05, 3.63) is 22.2 Å². The maximum atomic E-state index is 11.6. The number of carbonyl (C=O) groups excluding carboxylic acids is 1. The van der Waals surface area contributed by atoms with E-state index in [-0.39, 0.29) is 24.6 Å². The molecule has 18 heavy (non-hydrogen) atoms. The fraction of sp³-hybridized carbons (Fsp3) is 0.444. The summed E-state index contributed by atoms with van der Waals surface area (Å²) in [6.45, 7) is -0.286. The van der Waals surface area contributed by atoms with Crippen molar-refractivity contribution in [1.82, 2.24) is 9.55 Å². The number of carbonyl (C=O) groups is 1. The van der Waals surface area contributed by atoms with Crippen molar-refractivity contribution in [3.63, 3.8) is 0 Å². The topological polar surface area (TPSA) is 143 Å². The largest absolute Gasteiger partial charge is 0.391 e. The van der Waals surface area contributed by atoms with Gasteiger partial charge < -0.3 is 26.0 Å². The van der Waals surface area contributed by atoms with E-state index < -0.39 is 24.1 Å². The Morgan fingerprint density at radius 2 is 2.39 bits per heavy atom. The molecule has 1 saturated heterocycles. The molecule has 2 rings (SSSR count). The summed E-state index contributed by atoms with van der Waals surface area (Å²) in [5.41, 5.74) is 9.74. The Balaban J connectivity index is 2.36. The number of aliphatic hydroxyl groups excluding tert-OH is 1. The first-order valence-electron chi connectivity index (χ1n) is 5.09. The molecule has 9 heteroatoms. The number of aromatic nitrogens is 2. The highest BCUT2D eigenvalue weighted by Crippen LogP contribution is 2.19. The summed E-state index contributed by atoms with van der Waals surface area (Å²) >= 11 is 0. The van der Waals surface area contributed by atoms with E-state index in [1.807, 2.05) is 0 Å². The van der Waals surface area contributed by atoms with E-state index >= 15 is 0 Å². The van der Waals surface area contributed by atoms with Crippen LogP contribution in [-0.2, 0) is 9.47 Å². The summed E-state index contributed by atoms with van der Waals surface area (Å²) in [5, 5.41) is 8.84. The van der Waals surface area contributed by atoms with E-state index in [1.165, 1.54) is 6.20 Å². The predicted molar refractivity (Wildman–Crippen MR) is 58.4 cm³/mol. The summed E-state index contributed by atoms with van der Waals surface area (Å²) in [4.78, 5) is 26.2. The molecule has 1 aromatic heterocycles. The monoisotopic (exact) mass is 256 g/mol. The molecule has 0 aromatic carbocycles. The van der Waals surface area contributed by atoms with Gasteiger partial charge in [0.1, 0.15) is 5.82 Å². The summed E-state index contributed by atoms with van der Waals surface area (Å²) in [7, 11) is 0. The van der Waals surface area contributed by atoms with Gasteiger partial charge in [0.15, 0.2) is 12.5 Å². The minimum absolute atomic E-state index is 0.0505. The van der Waals surface area contributed by atoms with Gasteiger partial charge in [-0.25, -0.2) is 4.79 Å². The van der Waals surface area contributed by atoms with Crippen molar-refractivity contribution < 1.29 is 19.4 Å². The maximum Gasteiger partial charge on any atom is 0.351 e. The van der Waals surface area contributed by atoms with Gasteiger partial charge in [-0.3, -0.25) is 9.36 Å². The fourth-order valence-electron chi connectivity index (χ4n) is 1.56. The number of nitrogen functional groups attached to an aromatic ring is 1. The van der Waals surface area contributed by atoms with Crippen molar-refractivity contribution in [2.45, 2.75) is 12.5 Å². The first kappa shape index (κ1) is 12.5. The van der Waals surface area contributed by atoms with E-state index in [4.69, 9.17) is 26.0 Å². The number of primary amides is 1. The van der Waals surface area contributed by atoms with Crippen LogP contribution >= 0.6 is 0 Å². The molecule has 1 fully saturated rings. The van der Waals surface area contributed by atoms with Crippen LogP contribution in [0.25, 0.3) is 0 Å². The van der Waals surface area contributed by atoms with E-state index in [2.05, 4.69) is 4.98 Å². The van der Waals surface area contributed by atoms with Crippen LogP contribution in [0.3, 0.4) is 0 Å². The lowest BCUT2D eigenvalue weighted by atomic mass is 10.3. The molecule has 9 nitrogen and oxygen atoms in total. The lowest BCUT2D eigenvalue weighted by molar-refractivity contribution is -0.0992. The molecule has 0 aliphatic carbocycles. The molecule has 2 atom stereocenters. The number of rotatable bonds is 3. The molecule has 0 radical (unpaired) electrons. The van der Waals surface area contributed by atoms with Gasteiger partial charge in [-0.15, -0.1) is 0 Å². The molecular weight excluding hydrogens is 244 g/mol. The Kier molecular flexibility index (Phi) is 3.28. The average molecular weight is 256 g/mol. The number of hydrogen-bond acceptors (Lipinski definition) is 7. The first-order chi connectivity index (χ1) is 8.52. The highest BCUT2D eigenvalue weighted by Gasteiger charge is 2.28. The zero-order valence-corrected chi connectivity index (χ0v) is 9.28. The third-order valence-electron chi connectivity index (χ3n) is 2.44. The number of nitrogens with zero attached hydrogens (tertiary/aromatic N) is 2. The van der Waals surface area contributed by atoms with E-state index in [1.54, 1.807) is 0 Å². The number of anilines is 1. The minimum atomic E-state index is -0.809. The Morgan fingerprint density at radius 1 is 1.67 bits per heavy atom. The number of hydrogen-bond donors (Lipinski definition) is 3. The summed E-state index contributed by atoms with van der Waals surface area (Å²) in [6, 6.07) is 0. The second kappa shape index (κ2) is 4.72. The minimum Gasteiger partial charge on any atom is -0.391 e. The van der Waals surface area contributed by atoms with Crippen LogP contribution in [0.5, 0.6) is 0 Å². The van der Waals surface area contributed by atoms with E-state index in [0.29, 0.717) is 0 Å². The smallest absolute Gasteiger partial charge is 0.351 e. The third kappa shape index (κ3) is 2.18. The Morgan fingerprint density at radius 3 is 2.94 bits per heavy atom. The quantitative estimate of drug-likeness (QED) is 0.556. The predicted octanol–water partition coefficient (Wildman–Crippen LogP) is -2.21. The SMILES string of the molecule is NC(=O)c1cn([C@H]2CO[C@@H](CO)O2)c(=O)nc1N. The molecule has 2 heterocycles. The second-order valence-corrected chi connectivity index (χ2v) is 3.63. The molecule has 1 aliphatic rings. The van der Waals surface area contributed by atoms with Crippen molar-refractivity contribution >= 4 is 11.7 Å². The highest BCUT2D eigenvalue weighted by atomic mass is 16.7. The molecule has 1 aliphatic heterocycles. The van der Waals surface area contributed by atoms with Crippen LogP contribution in [0.4, 0.5) is 5.82 Å². The number of amides is 1.